The molecule has 0 aliphatic rings. The predicted molar refractivity (Wildman–Crippen MR) is 81.1 cm³/mol. The topological polar surface area (TPSA) is 29.1 Å². The van der Waals surface area contributed by atoms with E-state index in [1.807, 2.05) is 24.4 Å². The number of nitrogens with one attached hydrogen (secondary N) is 1. The fraction of sp³-hybridized carbons (Fsp3) is 0.214. The molecule has 0 aliphatic heterocycles. The normalized spacial score (nSPS) is 10.5. The van der Waals surface area contributed by atoms with Crippen molar-refractivity contribution in [3.8, 4) is 0 Å². The molecule has 1 aromatic heterocycles. The van der Waals surface area contributed by atoms with Crippen molar-refractivity contribution in [3.63, 3.8) is 0 Å². The molecule has 0 spiro atoms. The first-order chi connectivity index (χ1) is 9.06. The van der Waals surface area contributed by atoms with Gasteiger partial charge in [-0.3, -0.25) is 4.79 Å². The standard InChI is InChI=1S/C14H13Cl2NOS/c1-9-4-5-19-13(9)8-17-14(18)7-10-2-3-11(15)12(16)6-10/h2-6H,7-8H2,1H3,(H,17,18). The second kappa shape index (κ2) is 6.42. The summed E-state index contributed by atoms with van der Waals surface area (Å²) >= 11 is 13.4. The monoisotopic (exact) mass is 313 g/mol. The average Bonchev–Trinajstić information content (AvgIpc) is 2.77. The lowest BCUT2D eigenvalue weighted by Crippen LogP contribution is -2.24. The van der Waals surface area contributed by atoms with Crippen LogP contribution in [0.4, 0.5) is 0 Å². The number of rotatable bonds is 4. The molecule has 2 nitrogen and oxygen atoms in total. The zero-order valence-electron chi connectivity index (χ0n) is 10.4. The Morgan fingerprint density at radius 3 is 2.68 bits per heavy atom. The van der Waals surface area contributed by atoms with Crippen molar-refractivity contribution in [3.05, 3.63) is 55.7 Å². The quantitative estimate of drug-likeness (QED) is 0.899. The van der Waals surface area contributed by atoms with Crippen LogP contribution in [0.15, 0.2) is 29.6 Å². The molecular weight excluding hydrogens is 301 g/mol. The summed E-state index contributed by atoms with van der Waals surface area (Å²) in [6.07, 6.45) is 0.307. The van der Waals surface area contributed by atoms with E-state index in [1.54, 1.807) is 23.5 Å². The van der Waals surface area contributed by atoms with Crippen molar-refractivity contribution in [1.29, 1.82) is 0 Å². The summed E-state index contributed by atoms with van der Waals surface area (Å²) in [6.45, 7) is 2.61. The van der Waals surface area contributed by atoms with Crippen LogP contribution in [0.1, 0.15) is 16.0 Å². The second-order valence-electron chi connectivity index (χ2n) is 4.23. The van der Waals surface area contributed by atoms with Gasteiger partial charge in [0.1, 0.15) is 0 Å². The summed E-state index contributed by atoms with van der Waals surface area (Å²) in [4.78, 5) is 13.0. The van der Waals surface area contributed by atoms with E-state index in [9.17, 15) is 4.79 Å². The minimum atomic E-state index is -0.0220. The van der Waals surface area contributed by atoms with E-state index in [0.29, 0.717) is 23.0 Å². The Kier molecular flexibility index (Phi) is 4.86. The zero-order valence-corrected chi connectivity index (χ0v) is 12.7. The summed E-state index contributed by atoms with van der Waals surface area (Å²) in [5.74, 6) is -0.0220. The first-order valence-corrected chi connectivity index (χ1v) is 7.43. The number of hydrogen-bond acceptors (Lipinski definition) is 2. The molecule has 0 saturated carbocycles. The average molecular weight is 314 g/mol. The maximum Gasteiger partial charge on any atom is 0.224 e. The molecular formula is C14H13Cl2NOS. The Hall–Kier alpha value is -1.03. The largest absolute Gasteiger partial charge is 0.351 e. The van der Waals surface area contributed by atoms with E-state index in [4.69, 9.17) is 23.2 Å². The molecule has 2 rings (SSSR count). The molecule has 1 heterocycles. The van der Waals surface area contributed by atoms with Crippen LogP contribution in [0.5, 0.6) is 0 Å². The van der Waals surface area contributed by atoms with Gasteiger partial charge in [-0.05, 0) is 41.6 Å². The van der Waals surface area contributed by atoms with Gasteiger partial charge in [-0.1, -0.05) is 29.3 Å². The van der Waals surface area contributed by atoms with Crippen LogP contribution in [0.3, 0.4) is 0 Å². The highest BCUT2D eigenvalue weighted by Gasteiger charge is 2.07. The Labute approximate surface area is 126 Å². The summed E-state index contributed by atoms with van der Waals surface area (Å²) in [5.41, 5.74) is 2.06. The van der Waals surface area contributed by atoms with Crippen LogP contribution < -0.4 is 5.32 Å². The van der Waals surface area contributed by atoms with Gasteiger partial charge >= 0.3 is 0 Å². The third kappa shape index (κ3) is 3.96. The van der Waals surface area contributed by atoms with Gasteiger partial charge < -0.3 is 5.32 Å². The minimum Gasteiger partial charge on any atom is -0.351 e. The number of halogens is 2. The van der Waals surface area contributed by atoms with Crippen molar-refractivity contribution >= 4 is 40.4 Å². The summed E-state index contributed by atoms with van der Waals surface area (Å²) in [5, 5.41) is 5.90. The zero-order chi connectivity index (χ0) is 13.8. The van der Waals surface area contributed by atoms with Crippen molar-refractivity contribution < 1.29 is 4.79 Å². The number of hydrogen-bond donors (Lipinski definition) is 1. The SMILES string of the molecule is Cc1ccsc1CNC(=O)Cc1ccc(Cl)c(Cl)c1. The number of aryl methyl sites for hydroxylation is 1. The fourth-order valence-electron chi connectivity index (χ4n) is 1.66. The predicted octanol–water partition coefficient (Wildman–Crippen LogP) is 4.22. The molecule has 0 atom stereocenters. The summed E-state index contributed by atoms with van der Waals surface area (Å²) in [7, 11) is 0. The highest BCUT2D eigenvalue weighted by Crippen LogP contribution is 2.22. The first kappa shape index (κ1) is 14.4. The van der Waals surface area contributed by atoms with E-state index >= 15 is 0 Å². The summed E-state index contributed by atoms with van der Waals surface area (Å²) in [6, 6.07) is 7.28. The van der Waals surface area contributed by atoms with Gasteiger partial charge in [-0.25, -0.2) is 0 Å². The molecule has 0 unspecified atom stereocenters. The van der Waals surface area contributed by atoms with Crippen LogP contribution in [-0.4, -0.2) is 5.91 Å². The van der Waals surface area contributed by atoms with E-state index in [0.717, 1.165) is 5.56 Å². The molecule has 0 radical (unpaired) electrons. The lowest BCUT2D eigenvalue weighted by atomic mass is 10.1. The molecule has 0 saturated heterocycles. The maximum absolute atomic E-state index is 11.8. The first-order valence-electron chi connectivity index (χ1n) is 5.80. The lowest BCUT2D eigenvalue weighted by Gasteiger charge is -2.06. The third-order valence-electron chi connectivity index (χ3n) is 2.76. The number of thiophene rings is 1. The molecule has 0 aliphatic carbocycles. The Morgan fingerprint density at radius 1 is 1.26 bits per heavy atom. The van der Waals surface area contributed by atoms with Crippen LogP contribution in [-0.2, 0) is 17.8 Å². The molecule has 0 fully saturated rings. The fourth-order valence-corrected chi connectivity index (χ4v) is 2.83. The minimum absolute atomic E-state index is 0.0220. The molecule has 0 bridgehead atoms. The molecule has 5 heteroatoms. The van der Waals surface area contributed by atoms with Crippen LogP contribution in [0.2, 0.25) is 10.0 Å². The van der Waals surface area contributed by atoms with Crippen molar-refractivity contribution in [1.82, 2.24) is 5.32 Å². The number of amides is 1. The smallest absolute Gasteiger partial charge is 0.224 e. The second-order valence-corrected chi connectivity index (χ2v) is 6.04. The van der Waals surface area contributed by atoms with Gasteiger partial charge in [-0.15, -0.1) is 11.3 Å². The number of carbonyl (C=O) groups excluding carboxylic acids is 1. The van der Waals surface area contributed by atoms with Gasteiger partial charge in [-0.2, -0.15) is 0 Å². The number of carbonyl (C=O) groups is 1. The van der Waals surface area contributed by atoms with Gasteiger partial charge in [0, 0.05) is 4.88 Å². The van der Waals surface area contributed by atoms with Gasteiger partial charge in [0.2, 0.25) is 5.91 Å². The van der Waals surface area contributed by atoms with Crippen LogP contribution in [0.25, 0.3) is 0 Å². The molecule has 1 aromatic carbocycles. The number of benzene rings is 1. The van der Waals surface area contributed by atoms with E-state index in [-0.39, 0.29) is 5.91 Å². The van der Waals surface area contributed by atoms with E-state index in [2.05, 4.69) is 5.32 Å². The van der Waals surface area contributed by atoms with E-state index < -0.39 is 0 Å². The van der Waals surface area contributed by atoms with Crippen LogP contribution >= 0.6 is 34.5 Å². The Morgan fingerprint density at radius 2 is 2.05 bits per heavy atom. The van der Waals surface area contributed by atoms with Crippen LogP contribution in [0, 0.1) is 6.92 Å². The third-order valence-corrected chi connectivity index (χ3v) is 4.53. The maximum atomic E-state index is 11.8. The lowest BCUT2D eigenvalue weighted by molar-refractivity contribution is -0.120. The Bertz CT molecular complexity index is 595. The van der Waals surface area contributed by atoms with Gasteiger partial charge in [0.05, 0.1) is 23.0 Å². The molecule has 100 valence electrons. The molecule has 1 N–H and O–H groups in total. The molecule has 19 heavy (non-hydrogen) atoms. The van der Waals surface area contributed by atoms with Gasteiger partial charge in [0.25, 0.3) is 0 Å². The van der Waals surface area contributed by atoms with Crippen molar-refractivity contribution in [2.75, 3.05) is 0 Å². The summed E-state index contributed by atoms with van der Waals surface area (Å²) < 4.78 is 0. The van der Waals surface area contributed by atoms with Crippen molar-refractivity contribution in [2.24, 2.45) is 0 Å². The highest BCUT2D eigenvalue weighted by molar-refractivity contribution is 7.10. The van der Waals surface area contributed by atoms with E-state index in [1.165, 1.54) is 10.4 Å². The highest BCUT2D eigenvalue weighted by atomic mass is 35.5. The van der Waals surface area contributed by atoms with Crippen molar-refractivity contribution in [2.45, 2.75) is 19.9 Å². The Balaban J connectivity index is 1.91. The molecule has 2 aromatic rings. The molecule has 1 amide bonds. The van der Waals surface area contributed by atoms with Gasteiger partial charge in [0.15, 0.2) is 0 Å².